The molecule has 112 valence electrons. The molecule has 5 nitrogen and oxygen atoms in total. The van der Waals surface area contributed by atoms with Crippen molar-refractivity contribution in [2.75, 3.05) is 13.2 Å². The molecule has 21 heavy (non-hydrogen) atoms. The number of pyridine rings is 1. The van der Waals surface area contributed by atoms with E-state index in [0.29, 0.717) is 0 Å². The second-order valence-corrected chi connectivity index (χ2v) is 6.67. The Balaban J connectivity index is 2.30. The molecule has 0 bridgehead atoms. The largest absolute Gasteiger partial charge is 0.395 e. The van der Waals surface area contributed by atoms with Gasteiger partial charge in [0.1, 0.15) is 0 Å². The highest BCUT2D eigenvalue weighted by Gasteiger charge is 2.24. The van der Waals surface area contributed by atoms with Gasteiger partial charge >= 0.3 is 0 Å². The van der Waals surface area contributed by atoms with Gasteiger partial charge in [0.2, 0.25) is 10.0 Å². The number of sulfonamides is 1. The van der Waals surface area contributed by atoms with E-state index in [2.05, 4.69) is 4.98 Å². The van der Waals surface area contributed by atoms with Gasteiger partial charge in [0.15, 0.2) is 0 Å². The van der Waals surface area contributed by atoms with E-state index in [-0.39, 0.29) is 24.6 Å². The van der Waals surface area contributed by atoms with Gasteiger partial charge in [0.05, 0.1) is 11.5 Å². The zero-order chi connectivity index (χ0) is 15.3. The predicted octanol–water partition coefficient (Wildman–Crippen LogP) is 1.57. The Hall–Kier alpha value is -1.76. The van der Waals surface area contributed by atoms with E-state index >= 15 is 0 Å². The third-order valence-corrected chi connectivity index (χ3v) is 4.95. The zero-order valence-electron chi connectivity index (χ0n) is 11.8. The molecule has 0 aliphatic heterocycles. The third kappa shape index (κ3) is 3.87. The molecule has 1 aromatic heterocycles. The van der Waals surface area contributed by atoms with E-state index in [9.17, 15) is 8.42 Å². The van der Waals surface area contributed by atoms with Gasteiger partial charge in [-0.2, -0.15) is 4.31 Å². The molecule has 0 atom stereocenters. The van der Waals surface area contributed by atoms with Crippen molar-refractivity contribution in [3.05, 3.63) is 59.9 Å². The molecule has 0 fully saturated rings. The fourth-order valence-electron chi connectivity index (χ4n) is 1.95. The summed E-state index contributed by atoms with van der Waals surface area (Å²) in [6.45, 7) is 1.90. The second kappa shape index (κ2) is 6.80. The molecular weight excluding hydrogens is 288 g/mol. The van der Waals surface area contributed by atoms with Crippen LogP contribution in [0.4, 0.5) is 0 Å². The first-order chi connectivity index (χ1) is 10.0. The molecular formula is C15H18N2O3S. The van der Waals surface area contributed by atoms with Crippen molar-refractivity contribution in [1.29, 1.82) is 0 Å². The number of hydrogen-bond donors (Lipinski definition) is 1. The van der Waals surface area contributed by atoms with E-state index in [1.54, 1.807) is 42.7 Å². The molecule has 1 heterocycles. The van der Waals surface area contributed by atoms with Crippen LogP contribution in [0.3, 0.4) is 0 Å². The van der Waals surface area contributed by atoms with Crippen LogP contribution in [0.2, 0.25) is 0 Å². The number of rotatable bonds is 6. The van der Waals surface area contributed by atoms with Crippen molar-refractivity contribution in [3.8, 4) is 0 Å². The van der Waals surface area contributed by atoms with Crippen LogP contribution >= 0.6 is 0 Å². The van der Waals surface area contributed by atoms with Crippen molar-refractivity contribution in [1.82, 2.24) is 9.29 Å². The predicted molar refractivity (Wildman–Crippen MR) is 80.1 cm³/mol. The normalized spacial score (nSPS) is 11.8. The highest BCUT2D eigenvalue weighted by Crippen LogP contribution is 2.18. The molecule has 0 aliphatic carbocycles. The highest BCUT2D eigenvalue weighted by atomic mass is 32.2. The maximum Gasteiger partial charge on any atom is 0.243 e. The van der Waals surface area contributed by atoms with Gasteiger partial charge in [0.25, 0.3) is 0 Å². The summed E-state index contributed by atoms with van der Waals surface area (Å²) in [5, 5.41) is 9.15. The summed E-state index contributed by atoms with van der Waals surface area (Å²) >= 11 is 0. The van der Waals surface area contributed by atoms with E-state index in [0.717, 1.165) is 11.1 Å². The number of hydrogen-bond acceptors (Lipinski definition) is 4. The molecule has 0 saturated heterocycles. The van der Waals surface area contributed by atoms with Crippen molar-refractivity contribution in [2.24, 2.45) is 0 Å². The van der Waals surface area contributed by atoms with Crippen LogP contribution in [0, 0.1) is 6.92 Å². The summed E-state index contributed by atoms with van der Waals surface area (Å²) in [4.78, 5) is 4.21. The molecule has 0 aliphatic rings. The molecule has 0 amide bonds. The minimum Gasteiger partial charge on any atom is -0.395 e. The molecule has 0 saturated carbocycles. The standard InChI is InChI=1S/C15H18N2O3S/c1-13-4-6-15(7-5-13)21(19,20)17(9-10-18)12-14-3-2-8-16-11-14/h2-8,11,18H,9-10,12H2,1H3. The number of aliphatic hydroxyl groups is 1. The Morgan fingerprint density at radius 2 is 1.90 bits per heavy atom. The maximum atomic E-state index is 12.6. The van der Waals surface area contributed by atoms with Crippen LogP contribution < -0.4 is 0 Å². The SMILES string of the molecule is Cc1ccc(S(=O)(=O)N(CCO)Cc2cccnc2)cc1. The lowest BCUT2D eigenvalue weighted by Gasteiger charge is -2.21. The van der Waals surface area contributed by atoms with Crippen LogP contribution in [-0.4, -0.2) is 36.0 Å². The average Bonchev–Trinajstić information content (AvgIpc) is 2.48. The number of aliphatic hydroxyl groups excluding tert-OH is 1. The number of nitrogens with zero attached hydrogens (tertiary/aromatic N) is 2. The number of aryl methyl sites for hydroxylation is 1. The first-order valence-corrected chi connectivity index (χ1v) is 8.04. The Morgan fingerprint density at radius 3 is 2.48 bits per heavy atom. The van der Waals surface area contributed by atoms with Gasteiger partial charge in [-0.3, -0.25) is 4.98 Å². The topological polar surface area (TPSA) is 70.5 Å². The van der Waals surface area contributed by atoms with Crippen LogP contribution in [0.1, 0.15) is 11.1 Å². The average molecular weight is 306 g/mol. The maximum absolute atomic E-state index is 12.6. The molecule has 2 aromatic rings. The molecule has 0 radical (unpaired) electrons. The molecule has 1 aromatic carbocycles. The minimum absolute atomic E-state index is 0.0467. The van der Waals surface area contributed by atoms with E-state index in [1.165, 1.54) is 4.31 Å². The van der Waals surface area contributed by atoms with Gasteiger partial charge in [-0.1, -0.05) is 23.8 Å². The molecule has 0 spiro atoms. The van der Waals surface area contributed by atoms with E-state index in [1.807, 2.05) is 13.0 Å². The van der Waals surface area contributed by atoms with Gasteiger partial charge in [-0.05, 0) is 30.7 Å². The Morgan fingerprint density at radius 1 is 1.19 bits per heavy atom. The summed E-state index contributed by atoms with van der Waals surface area (Å²) < 4.78 is 26.5. The summed E-state index contributed by atoms with van der Waals surface area (Å²) in [5.74, 6) is 0. The first kappa shape index (κ1) is 15.6. The van der Waals surface area contributed by atoms with Crippen LogP contribution in [0.5, 0.6) is 0 Å². The van der Waals surface area contributed by atoms with Crippen molar-refractivity contribution < 1.29 is 13.5 Å². The van der Waals surface area contributed by atoms with Crippen molar-refractivity contribution >= 4 is 10.0 Å². The van der Waals surface area contributed by atoms with Gasteiger partial charge in [0, 0.05) is 25.5 Å². The summed E-state index contributed by atoms with van der Waals surface area (Å²) in [6.07, 6.45) is 3.25. The zero-order valence-corrected chi connectivity index (χ0v) is 12.6. The third-order valence-electron chi connectivity index (χ3n) is 3.09. The second-order valence-electron chi connectivity index (χ2n) is 4.74. The lowest BCUT2D eigenvalue weighted by Crippen LogP contribution is -2.33. The molecule has 2 rings (SSSR count). The minimum atomic E-state index is -3.63. The Kier molecular flexibility index (Phi) is 5.06. The van der Waals surface area contributed by atoms with Crippen LogP contribution in [-0.2, 0) is 16.6 Å². The molecule has 6 heteroatoms. The quantitative estimate of drug-likeness (QED) is 0.879. The lowest BCUT2D eigenvalue weighted by molar-refractivity contribution is 0.251. The lowest BCUT2D eigenvalue weighted by atomic mass is 10.2. The highest BCUT2D eigenvalue weighted by molar-refractivity contribution is 7.89. The number of aromatic nitrogens is 1. The van der Waals surface area contributed by atoms with Gasteiger partial charge in [-0.25, -0.2) is 8.42 Å². The molecule has 1 N–H and O–H groups in total. The van der Waals surface area contributed by atoms with Gasteiger partial charge < -0.3 is 5.11 Å². The van der Waals surface area contributed by atoms with Gasteiger partial charge in [-0.15, -0.1) is 0 Å². The fourth-order valence-corrected chi connectivity index (χ4v) is 3.37. The monoisotopic (exact) mass is 306 g/mol. The van der Waals surface area contributed by atoms with Crippen LogP contribution in [0.25, 0.3) is 0 Å². The number of benzene rings is 1. The smallest absolute Gasteiger partial charge is 0.243 e. The van der Waals surface area contributed by atoms with Crippen molar-refractivity contribution in [3.63, 3.8) is 0 Å². The summed E-state index contributed by atoms with van der Waals surface area (Å²) in [6, 6.07) is 10.2. The first-order valence-electron chi connectivity index (χ1n) is 6.60. The molecule has 0 unspecified atom stereocenters. The van der Waals surface area contributed by atoms with Crippen LogP contribution in [0.15, 0.2) is 53.7 Å². The fraction of sp³-hybridized carbons (Fsp3) is 0.267. The van der Waals surface area contributed by atoms with E-state index < -0.39 is 10.0 Å². The summed E-state index contributed by atoms with van der Waals surface area (Å²) in [5.41, 5.74) is 1.77. The Labute approximate surface area is 124 Å². The van der Waals surface area contributed by atoms with Crippen molar-refractivity contribution in [2.45, 2.75) is 18.4 Å². The Bertz CT molecular complexity index is 670. The van der Waals surface area contributed by atoms with E-state index in [4.69, 9.17) is 5.11 Å². The summed E-state index contributed by atoms with van der Waals surface area (Å²) in [7, 11) is -3.63.